The number of guanidine groups is 1. The molecule has 3 aromatic rings. The molecule has 0 unspecified atom stereocenters. The maximum Gasteiger partial charge on any atom is 0.226 e. The second-order valence-corrected chi connectivity index (χ2v) is 6.21. The lowest BCUT2D eigenvalue weighted by atomic mass is 10.2. The molecule has 7 nitrogen and oxygen atoms in total. The molecule has 0 amide bonds. The Labute approximate surface area is 165 Å². The van der Waals surface area contributed by atoms with Gasteiger partial charge in [0.15, 0.2) is 5.96 Å². The number of pyridine rings is 1. The summed E-state index contributed by atoms with van der Waals surface area (Å²) in [6.07, 6.45) is 5.54. The quantitative estimate of drug-likeness (QED) is 0.301. The van der Waals surface area contributed by atoms with Crippen molar-refractivity contribution in [2.75, 3.05) is 25.5 Å². The van der Waals surface area contributed by atoms with Gasteiger partial charge in [0.1, 0.15) is 12.1 Å². The molecule has 2 aromatic heterocycles. The van der Waals surface area contributed by atoms with Gasteiger partial charge >= 0.3 is 0 Å². The molecule has 0 fully saturated rings. The van der Waals surface area contributed by atoms with Crippen molar-refractivity contribution in [2.45, 2.75) is 19.4 Å². The fraction of sp³-hybridized carbons (Fsp3) is 0.286. The number of oxazole rings is 1. The predicted molar refractivity (Wildman–Crippen MR) is 112 cm³/mol. The third-order valence-corrected chi connectivity index (χ3v) is 4.10. The van der Waals surface area contributed by atoms with Crippen LogP contribution in [0.1, 0.15) is 18.5 Å². The van der Waals surface area contributed by atoms with Gasteiger partial charge in [-0.3, -0.25) is 4.99 Å². The average Bonchev–Trinajstić information content (AvgIpc) is 3.23. The molecule has 0 saturated carbocycles. The molecule has 146 valence electrons. The molecule has 3 N–H and O–H groups in total. The molecular formula is C21H26N6O. The van der Waals surface area contributed by atoms with Gasteiger partial charge in [0.25, 0.3) is 0 Å². The van der Waals surface area contributed by atoms with Crippen LogP contribution in [0.3, 0.4) is 0 Å². The number of aromatic nitrogens is 2. The molecule has 0 saturated heterocycles. The number of rotatable bonds is 9. The highest BCUT2D eigenvalue weighted by Gasteiger charge is 2.06. The number of benzene rings is 1. The van der Waals surface area contributed by atoms with Gasteiger partial charge in [-0.1, -0.05) is 24.3 Å². The number of nitrogens with zero attached hydrogens (tertiary/aromatic N) is 3. The summed E-state index contributed by atoms with van der Waals surface area (Å²) in [4.78, 5) is 13.0. The van der Waals surface area contributed by atoms with E-state index in [4.69, 9.17) is 4.42 Å². The van der Waals surface area contributed by atoms with E-state index in [1.165, 1.54) is 0 Å². The predicted octanol–water partition coefficient (Wildman–Crippen LogP) is 3.29. The Morgan fingerprint density at radius 1 is 1.00 bits per heavy atom. The van der Waals surface area contributed by atoms with Gasteiger partial charge in [-0.2, -0.15) is 0 Å². The lowest BCUT2D eigenvalue weighted by molar-refractivity contribution is 0.572. The minimum atomic E-state index is 0.553. The summed E-state index contributed by atoms with van der Waals surface area (Å²) in [5.41, 5.74) is 1.80. The molecule has 0 bridgehead atoms. The number of anilines is 1. The zero-order valence-electron chi connectivity index (χ0n) is 16.1. The summed E-state index contributed by atoms with van der Waals surface area (Å²) >= 11 is 0. The van der Waals surface area contributed by atoms with Crippen LogP contribution in [-0.2, 0) is 6.54 Å². The standard InChI is InChI=1S/C21H26N6O/c1-22-21(25-14-8-7-13-24-19-11-5-6-12-23-19)26-15-18-16-28-20(27-18)17-9-3-2-4-10-17/h2-6,9-12,16H,7-8,13-15H2,1H3,(H,23,24)(H2,22,25,26). The normalized spacial score (nSPS) is 11.2. The van der Waals surface area contributed by atoms with E-state index < -0.39 is 0 Å². The number of aliphatic imine (C=N–C) groups is 1. The van der Waals surface area contributed by atoms with Crippen molar-refractivity contribution in [3.05, 3.63) is 66.7 Å². The fourth-order valence-electron chi connectivity index (χ4n) is 2.64. The van der Waals surface area contributed by atoms with E-state index in [0.717, 1.165) is 49.0 Å². The van der Waals surface area contributed by atoms with Crippen LogP contribution in [0.25, 0.3) is 11.5 Å². The van der Waals surface area contributed by atoms with E-state index in [2.05, 4.69) is 30.9 Å². The van der Waals surface area contributed by atoms with Crippen molar-refractivity contribution in [3.8, 4) is 11.5 Å². The Balaban J connectivity index is 1.33. The van der Waals surface area contributed by atoms with Crippen molar-refractivity contribution in [3.63, 3.8) is 0 Å². The molecule has 28 heavy (non-hydrogen) atoms. The van der Waals surface area contributed by atoms with Gasteiger partial charge < -0.3 is 20.4 Å². The summed E-state index contributed by atoms with van der Waals surface area (Å²) in [6, 6.07) is 15.7. The Morgan fingerprint density at radius 2 is 1.82 bits per heavy atom. The summed E-state index contributed by atoms with van der Waals surface area (Å²) < 4.78 is 5.56. The van der Waals surface area contributed by atoms with E-state index >= 15 is 0 Å². The highest BCUT2D eigenvalue weighted by Crippen LogP contribution is 2.17. The van der Waals surface area contributed by atoms with Gasteiger partial charge in [-0.15, -0.1) is 0 Å². The van der Waals surface area contributed by atoms with Crippen LogP contribution in [0, 0.1) is 0 Å². The fourth-order valence-corrected chi connectivity index (χ4v) is 2.64. The molecule has 0 aliphatic heterocycles. The SMILES string of the molecule is CN=C(NCCCCNc1ccccn1)NCc1coc(-c2ccccc2)n1. The van der Waals surface area contributed by atoms with Gasteiger partial charge in [0.05, 0.1) is 12.2 Å². The first kappa shape index (κ1) is 19.4. The molecular weight excluding hydrogens is 352 g/mol. The Kier molecular flexibility index (Phi) is 7.43. The summed E-state index contributed by atoms with van der Waals surface area (Å²) in [5, 5.41) is 9.88. The molecule has 0 radical (unpaired) electrons. The first-order chi connectivity index (χ1) is 13.8. The highest BCUT2D eigenvalue weighted by molar-refractivity contribution is 5.79. The first-order valence-corrected chi connectivity index (χ1v) is 9.44. The molecule has 7 heteroatoms. The van der Waals surface area contributed by atoms with Crippen LogP contribution >= 0.6 is 0 Å². The second-order valence-electron chi connectivity index (χ2n) is 6.21. The van der Waals surface area contributed by atoms with Gasteiger partial charge in [0, 0.05) is 31.9 Å². The third-order valence-electron chi connectivity index (χ3n) is 4.10. The molecule has 0 aliphatic carbocycles. The molecule has 0 spiro atoms. The largest absolute Gasteiger partial charge is 0.444 e. The summed E-state index contributed by atoms with van der Waals surface area (Å²) in [7, 11) is 1.76. The van der Waals surface area contributed by atoms with Crippen LogP contribution < -0.4 is 16.0 Å². The number of hydrogen-bond acceptors (Lipinski definition) is 5. The van der Waals surface area contributed by atoms with Crippen molar-refractivity contribution < 1.29 is 4.42 Å². The topological polar surface area (TPSA) is 87.4 Å². The van der Waals surface area contributed by atoms with E-state index in [-0.39, 0.29) is 0 Å². The van der Waals surface area contributed by atoms with Crippen LogP contribution in [0.15, 0.2) is 70.4 Å². The van der Waals surface area contributed by atoms with Crippen LogP contribution in [0.4, 0.5) is 5.82 Å². The van der Waals surface area contributed by atoms with Gasteiger partial charge in [-0.05, 0) is 37.1 Å². The number of unbranched alkanes of at least 4 members (excludes halogenated alkanes) is 1. The van der Waals surface area contributed by atoms with Crippen molar-refractivity contribution in [1.29, 1.82) is 0 Å². The molecule has 2 heterocycles. The molecule has 3 rings (SSSR count). The van der Waals surface area contributed by atoms with Crippen molar-refractivity contribution >= 4 is 11.8 Å². The van der Waals surface area contributed by atoms with Gasteiger partial charge in [0.2, 0.25) is 5.89 Å². The van der Waals surface area contributed by atoms with E-state index in [1.807, 2.05) is 48.5 Å². The van der Waals surface area contributed by atoms with E-state index in [9.17, 15) is 0 Å². The Bertz CT molecular complexity index is 848. The second kappa shape index (κ2) is 10.7. The minimum Gasteiger partial charge on any atom is -0.444 e. The van der Waals surface area contributed by atoms with Gasteiger partial charge in [-0.25, -0.2) is 9.97 Å². The first-order valence-electron chi connectivity index (χ1n) is 9.44. The van der Waals surface area contributed by atoms with Crippen LogP contribution in [0.5, 0.6) is 0 Å². The monoisotopic (exact) mass is 378 g/mol. The summed E-state index contributed by atoms with van der Waals surface area (Å²) in [6.45, 7) is 2.29. The number of hydrogen-bond donors (Lipinski definition) is 3. The van der Waals surface area contributed by atoms with Crippen molar-refractivity contribution in [2.24, 2.45) is 4.99 Å². The maximum absolute atomic E-state index is 5.56. The van der Waals surface area contributed by atoms with Crippen molar-refractivity contribution in [1.82, 2.24) is 20.6 Å². The smallest absolute Gasteiger partial charge is 0.226 e. The third kappa shape index (κ3) is 6.12. The summed E-state index contributed by atoms with van der Waals surface area (Å²) in [5.74, 6) is 2.29. The van der Waals surface area contributed by atoms with E-state index in [1.54, 1.807) is 19.5 Å². The zero-order chi connectivity index (χ0) is 19.4. The minimum absolute atomic E-state index is 0.553. The van der Waals surface area contributed by atoms with E-state index in [0.29, 0.717) is 12.4 Å². The lowest BCUT2D eigenvalue weighted by Gasteiger charge is -2.11. The zero-order valence-corrected chi connectivity index (χ0v) is 16.1. The lowest BCUT2D eigenvalue weighted by Crippen LogP contribution is -2.37. The average molecular weight is 378 g/mol. The maximum atomic E-state index is 5.56. The number of nitrogens with one attached hydrogen (secondary N) is 3. The van der Waals surface area contributed by atoms with Crippen LogP contribution in [-0.4, -0.2) is 36.1 Å². The Morgan fingerprint density at radius 3 is 2.61 bits per heavy atom. The molecule has 0 atom stereocenters. The highest BCUT2D eigenvalue weighted by atomic mass is 16.3. The van der Waals surface area contributed by atoms with Crippen LogP contribution in [0.2, 0.25) is 0 Å². The Hall–Kier alpha value is -3.35. The molecule has 1 aromatic carbocycles. The molecule has 0 aliphatic rings.